The monoisotopic (exact) mass is 536 g/mol. The van der Waals surface area contributed by atoms with Crippen molar-refractivity contribution in [3.05, 3.63) is 51.9 Å². The van der Waals surface area contributed by atoms with Crippen molar-refractivity contribution >= 4 is 17.0 Å². The number of nitrogens with one attached hydrogen (secondary N) is 1. The van der Waals surface area contributed by atoms with Gasteiger partial charge in [-0.2, -0.15) is 0 Å². The van der Waals surface area contributed by atoms with E-state index in [-0.39, 0.29) is 11.7 Å². The van der Waals surface area contributed by atoms with Crippen molar-refractivity contribution in [1.82, 2.24) is 19.4 Å². The molecule has 3 heterocycles. The first-order valence-corrected chi connectivity index (χ1v) is 14.2. The molecule has 2 atom stereocenters. The van der Waals surface area contributed by atoms with E-state index in [2.05, 4.69) is 16.0 Å². The van der Waals surface area contributed by atoms with Gasteiger partial charge in [0.15, 0.2) is 0 Å². The number of carbonyl (C=O) groups excluding carboxylic acids is 1. The lowest BCUT2D eigenvalue weighted by atomic mass is 10.00. The van der Waals surface area contributed by atoms with Crippen LogP contribution >= 0.6 is 0 Å². The highest BCUT2D eigenvalue weighted by molar-refractivity contribution is 5.81. The Morgan fingerprint density at radius 3 is 2.64 bits per heavy atom. The molecule has 1 aromatic carbocycles. The van der Waals surface area contributed by atoms with E-state index >= 15 is 0 Å². The number of esters is 1. The van der Waals surface area contributed by atoms with E-state index < -0.39 is 18.1 Å². The number of carbonyl (C=O) groups is 1. The Bertz CT molecular complexity index is 1340. The molecule has 2 fully saturated rings. The van der Waals surface area contributed by atoms with Crippen LogP contribution in [0.1, 0.15) is 56.6 Å². The minimum Gasteiger partial charge on any atom is -0.461 e. The standard InChI is InChI=1S/C30H40N4O5/c1-19-14-23(18-33(3)29(19)36)28-32-25-15-22(8-9-26(25)34(28)17-21-10-12-38-13-11-21)16-31-27(20(2)35)30(37)39-24-6-4-5-7-24/h8-9,14-15,18,20-21,24,27,31,35H,4-7,10-13,16-17H2,1-3H3. The third kappa shape index (κ3) is 6.26. The van der Waals surface area contributed by atoms with Crippen LogP contribution in [0.25, 0.3) is 22.4 Å². The van der Waals surface area contributed by atoms with Crippen LogP contribution in [0.2, 0.25) is 0 Å². The van der Waals surface area contributed by atoms with Gasteiger partial charge in [0, 0.05) is 50.7 Å². The van der Waals surface area contributed by atoms with Gasteiger partial charge in [0.2, 0.25) is 0 Å². The predicted molar refractivity (Wildman–Crippen MR) is 149 cm³/mol. The molecule has 0 radical (unpaired) electrons. The third-order valence-corrected chi connectivity index (χ3v) is 8.06. The summed E-state index contributed by atoms with van der Waals surface area (Å²) in [6.45, 7) is 6.20. The molecule has 9 heteroatoms. The minimum atomic E-state index is -0.874. The molecule has 0 spiro atoms. The zero-order valence-electron chi connectivity index (χ0n) is 23.2. The van der Waals surface area contributed by atoms with Crippen LogP contribution in [0.15, 0.2) is 35.3 Å². The molecule has 210 valence electrons. The first kappa shape index (κ1) is 27.6. The SMILES string of the molecule is Cc1cc(-c2nc3cc(CNC(C(=O)OC4CCCC4)C(C)O)ccc3n2CC2CCOCC2)cn(C)c1=O. The lowest BCUT2D eigenvalue weighted by Gasteiger charge is -2.24. The van der Waals surface area contributed by atoms with Gasteiger partial charge in [0.25, 0.3) is 5.56 Å². The topological polar surface area (TPSA) is 108 Å². The van der Waals surface area contributed by atoms with Crippen molar-refractivity contribution in [2.24, 2.45) is 13.0 Å². The Labute approximate surface area is 229 Å². The summed E-state index contributed by atoms with van der Waals surface area (Å²) in [5.41, 5.74) is 4.41. The molecule has 5 rings (SSSR count). The van der Waals surface area contributed by atoms with Crippen LogP contribution < -0.4 is 10.9 Å². The predicted octanol–water partition coefficient (Wildman–Crippen LogP) is 3.46. The number of pyridine rings is 1. The highest BCUT2D eigenvalue weighted by Gasteiger charge is 2.29. The summed E-state index contributed by atoms with van der Waals surface area (Å²) in [5.74, 6) is 0.927. The van der Waals surface area contributed by atoms with Crippen molar-refractivity contribution in [3.63, 3.8) is 0 Å². The van der Waals surface area contributed by atoms with E-state index in [1.807, 2.05) is 31.3 Å². The molecule has 2 aliphatic rings. The van der Waals surface area contributed by atoms with E-state index in [1.54, 1.807) is 18.5 Å². The van der Waals surface area contributed by atoms with Gasteiger partial charge >= 0.3 is 5.97 Å². The van der Waals surface area contributed by atoms with Crippen molar-refractivity contribution in [3.8, 4) is 11.4 Å². The Morgan fingerprint density at radius 1 is 1.21 bits per heavy atom. The summed E-state index contributed by atoms with van der Waals surface area (Å²) >= 11 is 0. The molecule has 3 aromatic rings. The summed E-state index contributed by atoms with van der Waals surface area (Å²) in [7, 11) is 1.77. The molecule has 1 saturated carbocycles. The zero-order chi connectivity index (χ0) is 27.5. The van der Waals surface area contributed by atoms with Crippen molar-refractivity contribution < 1.29 is 19.4 Å². The fraction of sp³-hybridized carbons (Fsp3) is 0.567. The molecule has 2 aromatic heterocycles. The van der Waals surface area contributed by atoms with Crippen LogP contribution in [0.5, 0.6) is 0 Å². The molecule has 1 aliphatic heterocycles. The number of aliphatic hydroxyl groups excluding tert-OH is 1. The van der Waals surface area contributed by atoms with Gasteiger partial charge in [-0.1, -0.05) is 6.07 Å². The molecular formula is C30H40N4O5. The second-order valence-electron chi connectivity index (χ2n) is 11.2. The molecule has 0 amide bonds. The average Bonchev–Trinajstić information content (AvgIpc) is 3.55. The quantitative estimate of drug-likeness (QED) is 0.403. The molecule has 0 bridgehead atoms. The first-order valence-electron chi connectivity index (χ1n) is 14.2. The Balaban J connectivity index is 1.41. The van der Waals surface area contributed by atoms with Gasteiger partial charge in [-0.15, -0.1) is 0 Å². The lowest BCUT2D eigenvalue weighted by molar-refractivity contribution is -0.154. The van der Waals surface area contributed by atoms with Gasteiger partial charge in [0.05, 0.1) is 17.1 Å². The number of ether oxygens (including phenoxy) is 2. The van der Waals surface area contributed by atoms with Crippen molar-refractivity contribution in [2.45, 2.75) is 83.7 Å². The number of rotatable bonds is 9. The van der Waals surface area contributed by atoms with Crippen molar-refractivity contribution in [2.75, 3.05) is 13.2 Å². The maximum absolute atomic E-state index is 12.8. The highest BCUT2D eigenvalue weighted by Crippen LogP contribution is 2.29. The largest absolute Gasteiger partial charge is 0.461 e. The normalized spacial score (nSPS) is 18.5. The molecule has 1 aliphatic carbocycles. The summed E-state index contributed by atoms with van der Waals surface area (Å²) in [4.78, 5) is 30.1. The van der Waals surface area contributed by atoms with E-state index in [9.17, 15) is 14.7 Å². The Morgan fingerprint density at radius 2 is 1.95 bits per heavy atom. The van der Waals surface area contributed by atoms with Crippen LogP contribution in [-0.4, -0.2) is 56.7 Å². The van der Waals surface area contributed by atoms with Gasteiger partial charge in [-0.05, 0) is 82.1 Å². The van der Waals surface area contributed by atoms with Crippen LogP contribution in [0.4, 0.5) is 0 Å². The van der Waals surface area contributed by atoms with E-state index in [0.717, 1.165) is 86.3 Å². The maximum atomic E-state index is 12.8. The number of benzene rings is 1. The van der Waals surface area contributed by atoms with E-state index in [1.165, 1.54) is 0 Å². The summed E-state index contributed by atoms with van der Waals surface area (Å²) in [5, 5.41) is 13.5. The molecule has 2 unspecified atom stereocenters. The van der Waals surface area contributed by atoms with Crippen LogP contribution in [0, 0.1) is 12.8 Å². The van der Waals surface area contributed by atoms with Crippen LogP contribution in [-0.2, 0) is 34.4 Å². The minimum absolute atomic E-state index is 0.0154. The van der Waals surface area contributed by atoms with Crippen molar-refractivity contribution in [1.29, 1.82) is 0 Å². The molecule has 9 nitrogen and oxygen atoms in total. The van der Waals surface area contributed by atoms with E-state index in [4.69, 9.17) is 14.5 Å². The lowest BCUT2D eigenvalue weighted by Crippen LogP contribution is -2.46. The number of hydrogen-bond donors (Lipinski definition) is 2. The number of fused-ring (bicyclic) bond motifs is 1. The number of imidazole rings is 1. The second kappa shape index (κ2) is 12.0. The number of aryl methyl sites for hydroxylation is 2. The average molecular weight is 537 g/mol. The molecule has 2 N–H and O–H groups in total. The number of nitrogens with zero attached hydrogens (tertiary/aromatic N) is 3. The Hall–Kier alpha value is -3.01. The summed E-state index contributed by atoms with van der Waals surface area (Å²) in [6.07, 6.45) is 6.88. The molecule has 39 heavy (non-hydrogen) atoms. The fourth-order valence-corrected chi connectivity index (χ4v) is 5.80. The zero-order valence-corrected chi connectivity index (χ0v) is 23.2. The smallest absolute Gasteiger partial charge is 0.326 e. The van der Waals surface area contributed by atoms with E-state index in [0.29, 0.717) is 18.0 Å². The van der Waals surface area contributed by atoms with Gasteiger partial charge in [0.1, 0.15) is 18.0 Å². The third-order valence-electron chi connectivity index (χ3n) is 8.06. The molecular weight excluding hydrogens is 496 g/mol. The van der Waals surface area contributed by atoms with Gasteiger partial charge in [-0.25, -0.2) is 4.98 Å². The summed E-state index contributed by atoms with van der Waals surface area (Å²) < 4.78 is 15.1. The van der Waals surface area contributed by atoms with Gasteiger partial charge < -0.3 is 23.7 Å². The van der Waals surface area contributed by atoms with Gasteiger partial charge in [-0.3, -0.25) is 14.9 Å². The number of aliphatic hydroxyl groups is 1. The fourth-order valence-electron chi connectivity index (χ4n) is 5.80. The Kier molecular flexibility index (Phi) is 8.49. The molecule has 1 saturated heterocycles. The number of aromatic nitrogens is 3. The number of hydrogen-bond acceptors (Lipinski definition) is 7. The van der Waals surface area contributed by atoms with Crippen LogP contribution in [0.3, 0.4) is 0 Å². The second-order valence-corrected chi connectivity index (χ2v) is 11.2. The maximum Gasteiger partial charge on any atom is 0.326 e. The summed E-state index contributed by atoms with van der Waals surface area (Å²) in [6, 6.07) is 7.26. The first-order chi connectivity index (χ1) is 18.8. The highest BCUT2D eigenvalue weighted by atomic mass is 16.5.